The maximum Gasteiger partial charge on any atom is 0.260 e. The number of hydrogen-bond donors (Lipinski definition) is 1. The summed E-state index contributed by atoms with van der Waals surface area (Å²) in [6.07, 6.45) is 0.710. The van der Waals surface area contributed by atoms with Gasteiger partial charge in [0, 0.05) is 18.4 Å². The molecule has 0 saturated carbocycles. The first-order valence-corrected chi connectivity index (χ1v) is 7.91. The van der Waals surface area contributed by atoms with Crippen LogP contribution in [0.3, 0.4) is 0 Å². The molecule has 1 heterocycles. The highest BCUT2D eigenvalue weighted by Gasteiger charge is 2.25. The van der Waals surface area contributed by atoms with E-state index in [1.807, 2.05) is 0 Å². The Hall–Kier alpha value is 0.0100. The topological polar surface area (TPSA) is 76.9 Å². The average molecular weight is 376 g/mol. The zero-order valence-electron chi connectivity index (χ0n) is 8.81. The molecule has 1 aromatic rings. The molecule has 0 aliphatic heterocycles. The van der Waals surface area contributed by atoms with Crippen LogP contribution in [-0.4, -0.2) is 34.8 Å². The number of sulfonamides is 1. The van der Waals surface area contributed by atoms with Crippen molar-refractivity contribution in [1.29, 1.82) is 0 Å². The minimum Gasteiger partial charge on any atom is -0.235 e. The van der Waals surface area contributed by atoms with E-state index in [-0.39, 0.29) is 15.7 Å². The van der Waals surface area contributed by atoms with Gasteiger partial charge >= 0.3 is 0 Å². The van der Waals surface area contributed by atoms with Crippen molar-refractivity contribution in [1.82, 2.24) is 19.7 Å². The highest BCUT2D eigenvalue weighted by Crippen LogP contribution is 2.18. The average Bonchev–Trinajstić information content (AvgIpc) is 2.45. The Balaban J connectivity index is 2.95. The van der Waals surface area contributed by atoms with E-state index in [2.05, 4.69) is 46.9 Å². The lowest BCUT2D eigenvalue weighted by molar-refractivity contribution is 0.540. The van der Waals surface area contributed by atoms with Crippen LogP contribution in [0.5, 0.6) is 0 Å². The number of aromatic nitrogens is 3. The molecular formula is C7H12Br2N4O2S. The first kappa shape index (κ1) is 14.1. The van der Waals surface area contributed by atoms with Crippen molar-refractivity contribution in [2.45, 2.75) is 24.4 Å². The molecule has 0 aliphatic rings. The molecule has 0 radical (unpaired) electrons. The molecule has 1 unspecified atom stereocenters. The van der Waals surface area contributed by atoms with E-state index in [0.717, 1.165) is 5.33 Å². The van der Waals surface area contributed by atoms with Crippen LogP contribution in [-0.2, 0) is 17.1 Å². The molecule has 92 valence electrons. The van der Waals surface area contributed by atoms with Crippen LogP contribution in [0.15, 0.2) is 9.63 Å². The summed E-state index contributed by atoms with van der Waals surface area (Å²) in [5.41, 5.74) is 0. The Bertz CT molecular complexity index is 439. The predicted octanol–water partition coefficient (Wildman–Crippen LogP) is 1.03. The highest BCUT2D eigenvalue weighted by molar-refractivity contribution is 9.10. The van der Waals surface area contributed by atoms with Gasteiger partial charge in [0.15, 0.2) is 4.60 Å². The van der Waals surface area contributed by atoms with Gasteiger partial charge in [0.05, 0.1) is 0 Å². The van der Waals surface area contributed by atoms with Crippen molar-refractivity contribution in [2.24, 2.45) is 7.05 Å². The number of aryl methyl sites for hydroxylation is 1. The number of hydrogen-bond acceptors (Lipinski definition) is 4. The molecule has 1 N–H and O–H groups in total. The maximum absolute atomic E-state index is 12.0. The number of nitrogens with zero attached hydrogens (tertiary/aromatic N) is 3. The Morgan fingerprint density at radius 3 is 2.62 bits per heavy atom. The van der Waals surface area contributed by atoms with Crippen LogP contribution in [0.25, 0.3) is 0 Å². The molecule has 0 aliphatic carbocycles. The molecule has 1 atom stereocenters. The number of alkyl halides is 1. The van der Waals surface area contributed by atoms with Crippen LogP contribution in [0, 0.1) is 0 Å². The second-order valence-electron chi connectivity index (χ2n) is 3.31. The van der Waals surface area contributed by atoms with Gasteiger partial charge in [-0.1, -0.05) is 21.1 Å². The molecule has 1 aromatic heterocycles. The minimum absolute atomic E-state index is 0.0360. The normalized spacial score (nSPS) is 14.0. The summed E-state index contributed by atoms with van der Waals surface area (Å²) >= 11 is 6.32. The molecule has 1 rings (SSSR count). The fourth-order valence-electron chi connectivity index (χ4n) is 1.15. The minimum atomic E-state index is -3.58. The zero-order valence-corrected chi connectivity index (χ0v) is 12.8. The van der Waals surface area contributed by atoms with Crippen molar-refractivity contribution in [3.63, 3.8) is 0 Å². The van der Waals surface area contributed by atoms with Gasteiger partial charge in [-0.25, -0.2) is 17.8 Å². The summed E-state index contributed by atoms with van der Waals surface area (Å²) in [5.74, 6) is 0. The second-order valence-corrected chi connectivity index (χ2v) is 6.48. The third-order valence-electron chi connectivity index (χ3n) is 1.89. The third kappa shape index (κ3) is 3.25. The molecular weight excluding hydrogens is 364 g/mol. The second kappa shape index (κ2) is 5.56. The molecule has 0 amide bonds. The van der Waals surface area contributed by atoms with Gasteiger partial charge < -0.3 is 0 Å². The monoisotopic (exact) mass is 374 g/mol. The Morgan fingerprint density at radius 2 is 2.19 bits per heavy atom. The summed E-state index contributed by atoms with van der Waals surface area (Å²) < 4.78 is 27.9. The lowest BCUT2D eigenvalue weighted by atomic mass is 10.3. The van der Waals surface area contributed by atoms with Gasteiger partial charge in [-0.05, 0) is 29.3 Å². The van der Waals surface area contributed by atoms with Crippen molar-refractivity contribution in [3.05, 3.63) is 4.60 Å². The number of halogens is 2. The van der Waals surface area contributed by atoms with E-state index in [0.29, 0.717) is 6.42 Å². The fourth-order valence-corrected chi connectivity index (χ4v) is 4.21. The SMILES string of the molecule is CC(CCBr)NS(=O)(=O)c1c(Br)nnn1C. The summed E-state index contributed by atoms with van der Waals surface area (Å²) in [6, 6.07) is -0.147. The summed E-state index contributed by atoms with van der Waals surface area (Å²) in [5, 5.41) is 8.04. The fraction of sp³-hybridized carbons (Fsp3) is 0.714. The van der Waals surface area contributed by atoms with E-state index in [1.165, 1.54) is 11.7 Å². The van der Waals surface area contributed by atoms with Crippen LogP contribution in [0.4, 0.5) is 0 Å². The third-order valence-corrected chi connectivity index (χ3v) is 4.82. The van der Waals surface area contributed by atoms with Gasteiger partial charge in [-0.15, -0.1) is 5.10 Å². The molecule has 6 nitrogen and oxygen atoms in total. The standard InChI is InChI=1S/C7H12Br2N4O2S/c1-5(3-4-8)11-16(14,15)7-6(9)10-12-13(7)2/h5,11H,3-4H2,1-2H3. The number of rotatable bonds is 5. The van der Waals surface area contributed by atoms with Crippen molar-refractivity contribution in [2.75, 3.05) is 5.33 Å². The maximum atomic E-state index is 12.0. The lowest BCUT2D eigenvalue weighted by Gasteiger charge is -2.12. The van der Waals surface area contributed by atoms with Crippen molar-refractivity contribution in [3.8, 4) is 0 Å². The molecule has 0 saturated heterocycles. The van der Waals surface area contributed by atoms with Crippen molar-refractivity contribution >= 4 is 41.9 Å². The highest BCUT2D eigenvalue weighted by atomic mass is 79.9. The molecule has 0 fully saturated rings. The quantitative estimate of drug-likeness (QED) is 0.779. The molecule has 0 spiro atoms. The summed E-state index contributed by atoms with van der Waals surface area (Å²) in [4.78, 5) is 0. The largest absolute Gasteiger partial charge is 0.260 e. The Labute approximate surface area is 111 Å². The number of nitrogens with one attached hydrogen (secondary N) is 1. The van der Waals surface area contributed by atoms with Gasteiger partial charge in [0.2, 0.25) is 5.03 Å². The summed E-state index contributed by atoms with van der Waals surface area (Å²) in [7, 11) is -2.05. The van der Waals surface area contributed by atoms with Crippen LogP contribution >= 0.6 is 31.9 Å². The first-order chi connectivity index (χ1) is 7.38. The van der Waals surface area contributed by atoms with E-state index >= 15 is 0 Å². The summed E-state index contributed by atoms with van der Waals surface area (Å²) in [6.45, 7) is 1.80. The molecule has 16 heavy (non-hydrogen) atoms. The first-order valence-electron chi connectivity index (χ1n) is 4.52. The molecule has 0 aromatic carbocycles. The van der Waals surface area contributed by atoms with E-state index < -0.39 is 10.0 Å². The van der Waals surface area contributed by atoms with Gasteiger partial charge in [0.25, 0.3) is 10.0 Å². The molecule has 0 bridgehead atoms. The Morgan fingerprint density at radius 1 is 1.56 bits per heavy atom. The zero-order chi connectivity index (χ0) is 12.3. The van der Waals surface area contributed by atoms with Crippen LogP contribution in [0.2, 0.25) is 0 Å². The van der Waals surface area contributed by atoms with Gasteiger partial charge in [-0.2, -0.15) is 0 Å². The smallest absolute Gasteiger partial charge is 0.235 e. The van der Waals surface area contributed by atoms with Crippen LogP contribution in [0.1, 0.15) is 13.3 Å². The van der Waals surface area contributed by atoms with Gasteiger partial charge in [-0.3, -0.25) is 0 Å². The van der Waals surface area contributed by atoms with E-state index in [4.69, 9.17) is 0 Å². The lowest BCUT2D eigenvalue weighted by Crippen LogP contribution is -2.34. The predicted molar refractivity (Wildman–Crippen MR) is 66.9 cm³/mol. The van der Waals surface area contributed by atoms with Crippen molar-refractivity contribution < 1.29 is 8.42 Å². The molecule has 9 heteroatoms. The van der Waals surface area contributed by atoms with Crippen LogP contribution < -0.4 is 4.72 Å². The van der Waals surface area contributed by atoms with Gasteiger partial charge in [0.1, 0.15) is 0 Å². The van der Waals surface area contributed by atoms with E-state index in [9.17, 15) is 8.42 Å². The van der Waals surface area contributed by atoms with E-state index in [1.54, 1.807) is 6.92 Å². The Kier molecular flexibility index (Phi) is 4.89.